The largest absolute Gasteiger partial charge is 0.317 e. The Hall–Kier alpha value is -0.450. The minimum absolute atomic E-state index is 0.506. The lowest BCUT2D eigenvalue weighted by atomic mass is 9.98. The maximum absolute atomic E-state index is 4.84. The van der Waals surface area contributed by atoms with Gasteiger partial charge in [-0.2, -0.15) is 0 Å². The number of hydrogen-bond donors (Lipinski definition) is 1. The predicted octanol–water partition coefficient (Wildman–Crippen LogP) is 3.10. The molecule has 1 fully saturated rings. The van der Waals surface area contributed by atoms with Crippen molar-refractivity contribution in [3.05, 3.63) is 16.1 Å². The number of likely N-dealkylation sites (tertiary alicyclic amines) is 1. The Bertz CT molecular complexity index is 402. The highest BCUT2D eigenvalue weighted by Crippen LogP contribution is 2.24. The highest BCUT2D eigenvalue weighted by atomic mass is 32.1. The van der Waals surface area contributed by atoms with Gasteiger partial charge in [-0.05, 0) is 47.2 Å². The van der Waals surface area contributed by atoms with Crippen LogP contribution < -0.4 is 5.32 Å². The highest BCUT2D eigenvalue weighted by Gasteiger charge is 2.25. The Morgan fingerprint density at radius 3 is 2.90 bits per heavy atom. The van der Waals surface area contributed by atoms with Crippen LogP contribution in [0.1, 0.15) is 50.7 Å². The SMILES string of the molecule is CNC(C)Cc1csc(CC2CCCCN2C(C)C)n1. The van der Waals surface area contributed by atoms with Crippen LogP contribution in [-0.2, 0) is 12.8 Å². The van der Waals surface area contributed by atoms with Gasteiger partial charge in [-0.1, -0.05) is 6.42 Å². The molecule has 2 atom stereocenters. The van der Waals surface area contributed by atoms with Crippen molar-refractivity contribution in [1.82, 2.24) is 15.2 Å². The van der Waals surface area contributed by atoms with Crippen molar-refractivity contribution in [2.75, 3.05) is 13.6 Å². The first-order valence-electron chi connectivity index (χ1n) is 7.96. The van der Waals surface area contributed by atoms with E-state index in [2.05, 4.69) is 36.4 Å². The number of likely N-dealkylation sites (N-methyl/N-ethyl adjacent to an activating group) is 1. The third-order valence-corrected chi connectivity index (χ3v) is 5.27. The first-order valence-corrected chi connectivity index (χ1v) is 8.84. The van der Waals surface area contributed by atoms with Crippen LogP contribution in [0.25, 0.3) is 0 Å². The molecule has 0 bridgehead atoms. The van der Waals surface area contributed by atoms with Crippen molar-refractivity contribution in [3.63, 3.8) is 0 Å². The Labute approximate surface area is 127 Å². The summed E-state index contributed by atoms with van der Waals surface area (Å²) in [6, 6.07) is 1.86. The molecule has 1 aliphatic heterocycles. The van der Waals surface area contributed by atoms with E-state index < -0.39 is 0 Å². The summed E-state index contributed by atoms with van der Waals surface area (Å²) in [7, 11) is 2.01. The van der Waals surface area contributed by atoms with Crippen molar-refractivity contribution in [2.45, 2.75) is 71.0 Å². The van der Waals surface area contributed by atoms with Crippen molar-refractivity contribution in [2.24, 2.45) is 0 Å². The van der Waals surface area contributed by atoms with Crippen molar-refractivity contribution in [1.29, 1.82) is 0 Å². The molecule has 0 aromatic carbocycles. The molecule has 20 heavy (non-hydrogen) atoms. The molecule has 0 amide bonds. The molecular formula is C16H29N3S. The Balaban J connectivity index is 1.94. The molecule has 1 saturated heterocycles. The normalized spacial score (nSPS) is 22.4. The summed E-state index contributed by atoms with van der Waals surface area (Å²) in [5, 5.41) is 6.84. The van der Waals surface area contributed by atoms with Crippen LogP contribution in [0, 0.1) is 0 Å². The van der Waals surface area contributed by atoms with Gasteiger partial charge >= 0.3 is 0 Å². The van der Waals surface area contributed by atoms with Crippen molar-refractivity contribution >= 4 is 11.3 Å². The fraction of sp³-hybridized carbons (Fsp3) is 0.812. The lowest BCUT2D eigenvalue weighted by Crippen LogP contribution is -2.44. The average Bonchev–Trinajstić information content (AvgIpc) is 2.86. The number of rotatable bonds is 6. The van der Waals surface area contributed by atoms with E-state index in [1.807, 2.05) is 18.4 Å². The topological polar surface area (TPSA) is 28.2 Å². The van der Waals surface area contributed by atoms with Gasteiger partial charge in [-0.3, -0.25) is 4.90 Å². The number of piperidine rings is 1. The first kappa shape index (κ1) is 15.9. The monoisotopic (exact) mass is 295 g/mol. The maximum atomic E-state index is 4.84. The third kappa shape index (κ3) is 4.27. The Morgan fingerprint density at radius 2 is 2.20 bits per heavy atom. The number of nitrogens with one attached hydrogen (secondary N) is 1. The van der Waals surface area contributed by atoms with E-state index in [4.69, 9.17) is 4.98 Å². The summed E-state index contributed by atoms with van der Waals surface area (Å²) < 4.78 is 0. The van der Waals surface area contributed by atoms with Crippen LogP contribution in [-0.4, -0.2) is 41.6 Å². The molecule has 2 rings (SSSR count). The van der Waals surface area contributed by atoms with Gasteiger partial charge in [-0.15, -0.1) is 11.3 Å². The molecule has 1 N–H and O–H groups in total. The highest BCUT2D eigenvalue weighted by molar-refractivity contribution is 7.09. The molecule has 4 heteroatoms. The number of thiazole rings is 1. The van der Waals surface area contributed by atoms with E-state index in [0.29, 0.717) is 18.1 Å². The molecule has 2 heterocycles. The molecule has 0 spiro atoms. The Kier molecular flexibility index (Phi) is 6.00. The summed E-state index contributed by atoms with van der Waals surface area (Å²) in [4.78, 5) is 7.51. The van der Waals surface area contributed by atoms with Crippen molar-refractivity contribution < 1.29 is 0 Å². The smallest absolute Gasteiger partial charge is 0.0943 e. The zero-order chi connectivity index (χ0) is 14.5. The van der Waals surface area contributed by atoms with Crippen LogP contribution in [0.2, 0.25) is 0 Å². The Morgan fingerprint density at radius 1 is 1.40 bits per heavy atom. The number of aromatic nitrogens is 1. The molecule has 114 valence electrons. The fourth-order valence-electron chi connectivity index (χ4n) is 3.08. The molecule has 0 aliphatic carbocycles. The second-order valence-corrected chi connectivity index (χ2v) is 7.25. The van der Waals surface area contributed by atoms with E-state index in [-0.39, 0.29) is 0 Å². The van der Waals surface area contributed by atoms with Gasteiger partial charge in [0, 0.05) is 36.3 Å². The average molecular weight is 295 g/mol. The summed E-state index contributed by atoms with van der Waals surface area (Å²) in [5.74, 6) is 0. The molecule has 3 nitrogen and oxygen atoms in total. The van der Waals surface area contributed by atoms with Gasteiger partial charge in [0.25, 0.3) is 0 Å². The molecule has 0 saturated carbocycles. The van der Waals surface area contributed by atoms with E-state index in [1.165, 1.54) is 36.5 Å². The number of nitrogens with zero attached hydrogens (tertiary/aromatic N) is 2. The first-order chi connectivity index (χ1) is 9.60. The minimum atomic E-state index is 0.506. The maximum Gasteiger partial charge on any atom is 0.0943 e. The molecule has 1 aromatic heterocycles. The van der Waals surface area contributed by atoms with Crippen LogP contribution in [0.15, 0.2) is 5.38 Å². The lowest BCUT2D eigenvalue weighted by Gasteiger charge is -2.38. The summed E-state index contributed by atoms with van der Waals surface area (Å²) in [6.45, 7) is 8.11. The zero-order valence-corrected chi connectivity index (χ0v) is 14.2. The minimum Gasteiger partial charge on any atom is -0.317 e. The standard InChI is InChI=1S/C16H29N3S/c1-12(2)19-8-6-5-7-15(19)10-16-18-14(11-20-16)9-13(3)17-4/h11-13,15,17H,5-10H2,1-4H3. The van der Waals surface area contributed by atoms with E-state index in [0.717, 1.165) is 12.8 Å². The number of hydrogen-bond acceptors (Lipinski definition) is 4. The van der Waals surface area contributed by atoms with E-state index in [9.17, 15) is 0 Å². The zero-order valence-electron chi connectivity index (χ0n) is 13.4. The molecule has 1 aromatic rings. The van der Waals surface area contributed by atoms with E-state index in [1.54, 1.807) is 0 Å². The van der Waals surface area contributed by atoms with Gasteiger partial charge < -0.3 is 5.32 Å². The lowest BCUT2D eigenvalue weighted by molar-refractivity contribution is 0.111. The second kappa shape index (κ2) is 7.53. The quantitative estimate of drug-likeness (QED) is 0.874. The molecule has 0 radical (unpaired) electrons. The van der Waals surface area contributed by atoms with Gasteiger partial charge in [0.1, 0.15) is 0 Å². The fourth-order valence-corrected chi connectivity index (χ4v) is 3.96. The van der Waals surface area contributed by atoms with Crippen LogP contribution in [0.3, 0.4) is 0 Å². The second-order valence-electron chi connectivity index (χ2n) is 6.31. The summed E-state index contributed by atoms with van der Waals surface area (Å²) in [5.41, 5.74) is 1.25. The van der Waals surface area contributed by atoms with E-state index >= 15 is 0 Å². The van der Waals surface area contributed by atoms with Gasteiger partial charge in [0.15, 0.2) is 0 Å². The van der Waals surface area contributed by atoms with Crippen LogP contribution in [0.4, 0.5) is 0 Å². The molecular weight excluding hydrogens is 266 g/mol. The van der Waals surface area contributed by atoms with Gasteiger partial charge in [0.2, 0.25) is 0 Å². The van der Waals surface area contributed by atoms with Gasteiger partial charge in [-0.25, -0.2) is 4.98 Å². The van der Waals surface area contributed by atoms with Gasteiger partial charge in [0.05, 0.1) is 10.7 Å². The molecule has 2 unspecified atom stereocenters. The third-order valence-electron chi connectivity index (χ3n) is 4.35. The van der Waals surface area contributed by atoms with Crippen molar-refractivity contribution in [3.8, 4) is 0 Å². The molecule has 1 aliphatic rings. The predicted molar refractivity (Wildman–Crippen MR) is 87.5 cm³/mol. The van der Waals surface area contributed by atoms with Crippen LogP contribution in [0.5, 0.6) is 0 Å². The summed E-state index contributed by atoms with van der Waals surface area (Å²) >= 11 is 1.84. The van der Waals surface area contributed by atoms with Crippen LogP contribution >= 0.6 is 11.3 Å². The summed E-state index contributed by atoms with van der Waals surface area (Å²) in [6.07, 6.45) is 6.24.